The van der Waals surface area contributed by atoms with Gasteiger partial charge < -0.3 is 25.8 Å². The van der Waals surface area contributed by atoms with Crippen molar-refractivity contribution in [2.45, 2.75) is 24.0 Å². The Labute approximate surface area is 106 Å². The molecular formula is C10H14FN3O5. The lowest BCUT2D eigenvalue weighted by molar-refractivity contribution is -0.138. The molecule has 1 aromatic rings. The molecule has 0 bridgehead atoms. The molecule has 9 heteroatoms. The van der Waals surface area contributed by atoms with E-state index in [9.17, 15) is 19.4 Å². The number of anilines is 1. The predicted molar refractivity (Wildman–Crippen MR) is 60.8 cm³/mol. The van der Waals surface area contributed by atoms with E-state index in [2.05, 4.69) is 4.98 Å². The molecule has 5 N–H and O–H groups in total. The molecule has 1 aliphatic rings. The number of alkyl halides is 1. The van der Waals surface area contributed by atoms with Gasteiger partial charge in [0.15, 0.2) is 11.8 Å². The van der Waals surface area contributed by atoms with Gasteiger partial charge in [-0.05, 0) is 6.07 Å². The van der Waals surface area contributed by atoms with Gasteiger partial charge in [-0.3, -0.25) is 4.57 Å². The molecule has 106 valence electrons. The van der Waals surface area contributed by atoms with Crippen molar-refractivity contribution in [2.24, 2.45) is 0 Å². The van der Waals surface area contributed by atoms with Gasteiger partial charge in [0.25, 0.3) is 0 Å². The third kappa shape index (κ3) is 2.10. The summed E-state index contributed by atoms with van der Waals surface area (Å²) in [5.41, 5.74) is 2.55. The quantitative estimate of drug-likeness (QED) is 0.491. The summed E-state index contributed by atoms with van der Waals surface area (Å²) in [4.78, 5) is 15.0. The minimum Gasteiger partial charge on any atom is -0.393 e. The first kappa shape index (κ1) is 13.9. The van der Waals surface area contributed by atoms with E-state index in [-0.39, 0.29) is 5.82 Å². The SMILES string of the molecule is Nc1ccn([C@@H]2O[C@@](CO)(CF)C(O)C2O)c(=O)n1. The molecule has 0 spiro atoms. The number of aliphatic hydroxyl groups is 3. The molecule has 2 rings (SSSR count). The van der Waals surface area contributed by atoms with Crippen molar-refractivity contribution < 1.29 is 24.4 Å². The van der Waals surface area contributed by atoms with Gasteiger partial charge >= 0.3 is 5.69 Å². The van der Waals surface area contributed by atoms with Crippen LogP contribution < -0.4 is 11.4 Å². The average Bonchev–Trinajstić information content (AvgIpc) is 2.64. The smallest absolute Gasteiger partial charge is 0.351 e. The second kappa shape index (κ2) is 4.85. The fraction of sp³-hybridized carbons (Fsp3) is 0.600. The van der Waals surface area contributed by atoms with Gasteiger partial charge in [0, 0.05) is 6.20 Å². The molecule has 2 unspecified atom stereocenters. The summed E-state index contributed by atoms with van der Waals surface area (Å²) in [6.45, 7) is -2.05. The Morgan fingerprint density at radius 1 is 1.58 bits per heavy atom. The van der Waals surface area contributed by atoms with Gasteiger partial charge in [0.05, 0.1) is 6.61 Å². The number of ether oxygens (including phenoxy) is 1. The fourth-order valence-electron chi connectivity index (χ4n) is 1.97. The fourth-order valence-corrected chi connectivity index (χ4v) is 1.97. The number of nitrogens with zero attached hydrogens (tertiary/aromatic N) is 2. The van der Waals surface area contributed by atoms with Crippen LogP contribution >= 0.6 is 0 Å². The number of hydrogen-bond acceptors (Lipinski definition) is 7. The largest absolute Gasteiger partial charge is 0.393 e. The lowest BCUT2D eigenvalue weighted by Crippen LogP contribution is -2.48. The Bertz CT molecular complexity index is 518. The second-order valence-electron chi connectivity index (χ2n) is 4.34. The predicted octanol–water partition coefficient (Wildman–Crippen LogP) is -2.22. The van der Waals surface area contributed by atoms with Crippen LogP contribution in [0, 0.1) is 0 Å². The van der Waals surface area contributed by atoms with Crippen molar-refractivity contribution >= 4 is 5.82 Å². The monoisotopic (exact) mass is 275 g/mol. The Hall–Kier alpha value is -1.55. The summed E-state index contributed by atoms with van der Waals surface area (Å²) < 4.78 is 19.0. The molecule has 8 nitrogen and oxygen atoms in total. The summed E-state index contributed by atoms with van der Waals surface area (Å²) in [6, 6.07) is 1.29. The molecular weight excluding hydrogens is 261 g/mol. The minimum absolute atomic E-state index is 0.0202. The highest BCUT2D eigenvalue weighted by atomic mass is 19.1. The molecule has 4 atom stereocenters. The molecule has 0 radical (unpaired) electrons. The molecule has 0 saturated carbocycles. The van der Waals surface area contributed by atoms with Crippen LogP contribution in [0.1, 0.15) is 6.23 Å². The first-order chi connectivity index (χ1) is 8.95. The maximum absolute atomic E-state index is 13.0. The van der Waals surface area contributed by atoms with Crippen LogP contribution in [0.25, 0.3) is 0 Å². The molecule has 0 aromatic carbocycles. The first-order valence-electron chi connectivity index (χ1n) is 5.50. The zero-order valence-electron chi connectivity index (χ0n) is 9.81. The summed E-state index contributed by atoms with van der Waals surface area (Å²) in [6.07, 6.45) is -3.39. The zero-order valence-corrected chi connectivity index (χ0v) is 9.81. The average molecular weight is 275 g/mol. The molecule has 1 aromatic heterocycles. The van der Waals surface area contributed by atoms with E-state index in [1.807, 2.05) is 0 Å². The van der Waals surface area contributed by atoms with Crippen molar-refractivity contribution in [1.82, 2.24) is 9.55 Å². The van der Waals surface area contributed by atoms with E-state index >= 15 is 0 Å². The van der Waals surface area contributed by atoms with Gasteiger partial charge in [-0.1, -0.05) is 0 Å². The standard InChI is InChI=1S/C10H14FN3O5/c11-3-10(4-15)7(17)6(16)8(19-10)14-2-1-5(12)13-9(14)18/h1-2,6-8,15-17H,3-4H2,(H2,12,13,18)/t6?,7?,8-,10-/m1/s1. The second-order valence-corrected chi connectivity index (χ2v) is 4.34. The van der Waals surface area contributed by atoms with Crippen LogP contribution in [0.2, 0.25) is 0 Å². The highest BCUT2D eigenvalue weighted by Gasteiger charge is 2.55. The Balaban J connectivity index is 2.39. The molecule has 1 saturated heterocycles. The van der Waals surface area contributed by atoms with Crippen molar-refractivity contribution in [3.63, 3.8) is 0 Å². The third-order valence-electron chi connectivity index (χ3n) is 3.13. The van der Waals surface area contributed by atoms with Crippen LogP contribution in [0.5, 0.6) is 0 Å². The molecule has 0 amide bonds. The number of aromatic nitrogens is 2. The summed E-state index contributed by atoms with van der Waals surface area (Å²) in [5, 5.41) is 28.7. The number of rotatable bonds is 3. The topological polar surface area (TPSA) is 131 Å². The van der Waals surface area contributed by atoms with E-state index in [0.29, 0.717) is 0 Å². The maximum Gasteiger partial charge on any atom is 0.351 e. The van der Waals surface area contributed by atoms with Crippen molar-refractivity contribution in [3.05, 3.63) is 22.7 Å². The van der Waals surface area contributed by atoms with Gasteiger partial charge in [0.2, 0.25) is 0 Å². The lowest BCUT2D eigenvalue weighted by atomic mass is 9.98. The van der Waals surface area contributed by atoms with Gasteiger partial charge in [0.1, 0.15) is 24.7 Å². The minimum atomic E-state index is -1.95. The Kier molecular flexibility index (Phi) is 3.54. The van der Waals surface area contributed by atoms with E-state index < -0.39 is 43.0 Å². The van der Waals surface area contributed by atoms with Crippen LogP contribution in [-0.2, 0) is 4.74 Å². The zero-order chi connectivity index (χ0) is 14.2. The highest BCUT2D eigenvalue weighted by molar-refractivity contribution is 5.23. The third-order valence-corrected chi connectivity index (χ3v) is 3.13. The summed E-state index contributed by atoms with van der Waals surface area (Å²) in [5.74, 6) is -0.0202. The van der Waals surface area contributed by atoms with Gasteiger partial charge in [-0.25, -0.2) is 9.18 Å². The van der Waals surface area contributed by atoms with Crippen LogP contribution in [-0.4, -0.2) is 56.0 Å². The number of nitrogen functional groups attached to an aromatic ring is 1. The van der Waals surface area contributed by atoms with E-state index in [4.69, 9.17) is 15.6 Å². The van der Waals surface area contributed by atoms with Gasteiger partial charge in [-0.2, -0.15) is 4.98 Å². The van der Waals surface area contributed by atoms with E-state index in [1.165, 1.54) is 12.3 Å². The summed E-state index contributed by atoms with van der Waals surface area (Å²) in [7, 11) is 0. The molecule has 19 heavy (non-hydrogen) atoms. The van der Waals surface area contributed by atoms with E-state index in [1.54, 1.807) is 0 Å². The molecule has 0 aliphatic carbocycles. The number of hydrogen-bond donors (Lipinski definition) is 4. The number of halogens is 1. The van der Waals surface area contributed by atoms with E-state index in [0.717, 1.165) is 4.57 Å². The summed E-state index contributed by atoms with van der Waals surface area (Å²) >= 11 is 0. The maximum atomic E-state index is 13.0. The highest BCUT2D eigenvalue weighted by Crippen LogP contribution is 2.36. The van der Waals surface area contributed by atoms with Crippen molar-refractivity contribution in [2.75, 3.05) is 19.0 Å². The normalized spacial score (nSPS) is 34.6. The van der Waals surface area contributed by atoms with Crippen molar-refractivity contribution in [1.29, 1.82) is 0 Å². The van der Waals surface area contributed by atoms with Gasteiger partial charge in [-0.15, -0.1) is 0 Å². The molecule has 2 heterocycles. The van der Waals surface area contributed by atoms with Crippen LogP contribution in [0.3, 0.4) is 0 Å². The lowest BCUT2D eigenvalue weighted by Gasteiger charge is -2.26. The Morgan fingerprint density at radius 2 is 2.26 bits per heavy atom. The number of aliphatic hydroxyl groups excluding tert-OH is 3. The number of nitrogens with two attached hydrogens (primary N) is 1. The van der Waals surface area contributed by atoms with Crippen molar-refractivity contribution in [3.8, 4) is 0 Å². The molecule has 1 fully saturated rings. The van der Waals surface area contributed by atoms with Crippen LogP contribution in [0.4, 0.5) is 10.2 Å². The Morgan fingerprint density at radius 3 is 2.74 bits per heavy atom. The molecule has 1 aliphatic heterocycles. The van der Waals surface area contributed by atoms with Crippen LogP contribution in [0.15, 0.2) is 17.1 Å². The first-order valence-corrected chi connectivity index (χ1v) is 5.50.